The molecule has 1 heterocycles. The number of anilines is 2. The number of hydrogen-bond donors (Lipinski definition) is 2. The lowest BCUT2D eigenvalue weighted by molar-refractivity contribution is -0.115. The van der Waals surface area contributed by atoms with Gasteiger partial charge in [-0.25, -0.2) is 23.1 Å². The molecule has 1 aromatic heterocycles. The van der Waals surface area contributed by atoms with E-state index in [-0.39, 0.29) is 42.1 Å². The summed E-state index contributed by atoms with van der Waals surface area (Å²) in [5, 5.41) is 10.9. The highest BCUT2D eigenvalue weighted by atomic mass is 35.5. The molecule has 0 bridgehead atoms. The van der Waals surface area contributed by atoms with Crippen LogP contribution in [-0.2, 0) is 14.8 Å². The molecule has 0 radical (unpaired) electrons. The summed E-state index contributed by atoms with van der Waals surface area (Å²) in [7, 11) is -3.84. The van der Waals surface area contributed by atoms with E-state index in [1.165, 1.54) is 24.3 Å². The second-order valence-electron chi connectivity index (χ2n) is 4.99. The first-order valence-electron chi connectivity index (χ1n) is 6.92. The molecule has 140 valence electrons. The molecule has 2 rings (SSSR count). The molecule has 0 fully saturated rings. The van der Waals surface area contributed by atoms with Gasteiger partial charge in [0.15, 0.2) is 0 Å². The Morgan fingerprint density at radius 1 is 1.12 bits per heavy atom. The van der Waals surface area contributed by atoms with Gasteiger partial charge in [0.25, 0.3) is 10.0 Å². The van der Waals surface area contributed by atoms with E-state index in [4.69, 9.17) is 5.26 Å². The van der Waals surface area contributed by atoms with Gasteiger partial charge >= 0.3 is 0 Å². The minimum Gasteiger partial charge on any atom is -0.325 e. The predicted octanol–water partition coefficient (Wildman–Crippen LogP) is 2.59. The van der Waals surface area contributed by atoms with Gasteiger partial charge in [-0.2, -0.15) is 5.26 Å². The van der Waals surface area contributed by atoms with E-state index in [0.717, 1.165) is 0 Å². The highest BCUT2D eigenvalue weighted by Gasteiger charge is 2.16. The molecule has 0 aliphatic heterocycles. The minimum atomic E-state index is -3.84. The number of nitriles is 1. The monoisotopic (exact) mass is 417 g/mol. The molecule has 0 aliphatic carbocycles. The third-order valence-corrected chi connectivity index (χ3v) is 4.24. The Labute approximate surface area is 163 Å². The molecule has 0 spiro atoms. The second-order valence-corrected chi connectivity index (χ2v) is 6.67. The van der Waals surface area contributed by atoms with Crippen molar-refractivity contribution in [1.29, 1.82) is 5.26 Å². The first-order chi connectivity index (χ1) is 11.3. The second kappa shape index (κ2) is 9.91. The normalized spacial score (nSPS) is 9.88. The topological polar surface area (TPSA) is 125 Å². The maximum atomic E-state index is 12.3. The average molecular weight is 418 g/mol. The summed E-state index contributed by atoms with van der Waals surface area (Å²) in [5.74, 6) is -0.464. The molecule has 2 N–H and O–H groups in total. The first-order valence-corrected chi connectivity index (χ1v) is 8.40. The van der Waals surface area contributed by atoms with Gasteiger partial charge in [-0.3, -0.25) is 4.79 Å². The minimum absolute atomic E-state index is 0. The Morgan fingerprint density at radius 3 is 2.15 bits per heavy atom. The molecule has 1 aromatic carbocycles. The fraction of sp³-hybridized carbons (Fsp3) is 0.200. The van der Waals surface area contributed by atoms with Crippen LogP contribution in [0.3, 0.4) is 0 Å². The fourth-order valence-electron chi connectivity index (χ4n) is 1.95. The lowest BCUT2D eigenvalue weighted by Crippen LogP contribution is -2.16. The Kier molecular flexibility index (Phi) is 9.00. The van der Waals surface area contributed by atoms with Crippen LogP contribution in [0.1, 0.15) is 17.8 Å². The van der Waals surface area contributed by atoms with Crippen molar-refractivity contribution in [3.8, 4) is 6.07 Å². The van der Waals surface area contributed by atoms with Crippen LogP contribution in [0.5, 0.6) is 0 Å². The van der Waals surface area contributed by atoms with Crippen molar-refractivity contribution in [1.82, 2.24) is 9.97 Å². The van der Waals surface area contributed by atoms with Crippen molar-refractivity contribution >= 4 is 52.4 Å². The van der Waals surface area contributed by atoms with Gasteiger partial charge in [-0.15, -0.1) is 24.8 Å². The van der Waals surface area contributed by atoms with E-state index in [2.05, 4.69) is 20.0 Å². The number of hydrogen-bond acceptors (Lipinski definition) is 6. The van der Waals surface area contributed by atoms with E-state index >= 15 is 0 Å². The van der Waals surface area contributed by atoms with Crippen LogP contribution in [-0.4, -0.2) is 24.3 Å². The maximum absolute atomic E-state index is 12.3. The van der Waals surface area contributed by atoms with E-state index in [9.17, 15) is 13.2 Å². The van der Waals surface area contributed by atoms with Gasteiger partial charge in [0.1, 0.15) is 6.42 Å². The van der Waals surface area contributed by atoms with Gasteiger partial charge in [-0.05, 0) is 44.2 Å². The fourth-order valence-corrected chi connectivity index (χ4v) is 2.89. The van der Waals surface area contributed by atoms with Gasteiger partial charge in [0.05, 0.1) is 11.0 Å². The molecule has 2 aromatic rings. The number of nitrogens with zero attached hydrogens (tertiary/aromatic N) is 3. The summed E-state index contributed by atoms with van der Waals surface area (Å²) in [4.78, 5) is 19.4. The molecular weight excluding hydrogens is 401 g/mol. The smallest absolute Gasteiger partial charge is 0.264 e. The largest absolute Gasteiger partial charge is 0.325 e. The highest BCUT2D eigenvalue weighted by molar-refractivity contribution is 7.92. The Balaban J connectivity index is 0.00000312. The van der Waals surface area contributed by atoms with Crippen LogP contribution < -0.4 is 10.0 Å². The lowest BCUT2D eigenvalue weighted by atomic mass is 10.3. The molecule has 8 nitrogen and oxygen atoms in total. The van der Waals surface area contributed by atoms with Crippen LogP contribution in [0.25, 0.3) is 0 Å². The lowest BCUT2D eigenvalue weighted by Gasteiger charge is -2.09. The third-order valence-electron chi connectivity index (χ3n) is 2.90. The molecule has 11 heteroatoms. The molecule has 0 atom stereocenters. The number of amides is 1. The van der Waals surface area contributed by atoms with Crippen molar-refractivity contribution in [2.45, 2.75) is 25.2 Å². The summed E-state index contributed by atoms with van der Waals surface area (Å²) >= 11 is 0. The van der Waals surface area contributed by atoms with Crippen LogP contribution in [0, 0.1) is 25.2 Å². The molecule has 0 saturated carbocycles. The number of carbonyl (C=O) groups is 1. The molecule has 0 saturated heterocycles. The van der Waals surface area contributed by atoms with Crippen molar-refractivity contribution in [2.75, 3.05) is 10.0 Å². The first kappa shape index (κ1) is 23.6. The van der Waals surface area contributed by atoms with E-state index in [0.29, 0.717) is 17.1 Å². The van der Waals surface area contributed by atoms with Crippen molar-refractivity contribution in [2.24, 2.45) is 0 Å². The Hall–Kier alpha value is -2.41. The molecular formula is C15H17Cl2N5O3S. The van der Waals surface area contributed by atoms with Gasteiger partial charge < -0.3 is 5.32 Å². The highest BCUT2D eigenvalue weighted by Crippen LogP contribution is 2.17. The van der Waals surface area contributed by atoms with Crippen molar-refractivity contribution in [3.63, 3.8) is 0 Å². The maximum Gasteiger partial charge on any atom is 0.264 e. The zero-order valence-corrected chi connectivity index (χ0v) is 16.3. The number of nitrogens with one attached hydrogen (secondary N) is 2. The summed E-state index contributed by atoms with van der Waals surface area (Å²) in [6.07, 6.45) is -0.272. The molecule has 0 unspecified atom stereocenters. The SMILES string of the molecule is Cc1cc(C)nc(NS(=O)(=O)c2ccc(NC(=O)CC#N)cc2)n1.Cl.Cl. The summed E-state index contributed by atoms with van der Waals surface area (Å²) in [5.41, 5.74) is 1.70. The quantitative estimate of drug-likeness (QED) is 0.769. The van der Waals surface area contributed by atoms with E-state index in [1.807, 2.05) is 0 Å². The van der Waals surface area contributed by atoms with E-state index in [1.54, 1.807) is 26.0 Å². The van der Waals surface area contributed by atoms with Crippen LogP contribution in [0.15, 0.2) is 35.2 Å². The molecule has 1 amide bonds. The Bertz CT molecular complexity index is 892. The zero-order valence-electron chi connectivity index (χ0n) is 13.9. The van der Waals surface area contributed by atoms with Gasteiger partial charge in [-0.1, -0.05) is 0 Å². The molecule has 0 aliphatic rings. The summed E-state index contributed by atoms with van der Waals surface area (Å²) in [6.45, 7) is 3.48. The number of sulfonamides is 1. The number of halogens is 2. The number of carbonyl (C=O) groups excluding carboxylic acids is 1. The predicted molar refractivity (Wildman–Crippen MR) is 102 cm³/mol. The number of aryl methyl sites for hydroxylation is 2. The van der Waals surface area contributed by atoms with Gasteiger partial charge in [0, 0.05) is 17.1 Å². The molecule has 26 heavy (non-hydrogen) atoms. The van der Waals surface area contributed by atoms with Crippen LogP contribution in [0.4, 0.5) is 11.6 Å². The Morgan fingerprint density at radius 2 is 1.65 bits per heavy atom. The number of rotatable bonds is 5. The summed E-state index contributed by atoms with van der Waals surface area (Å²) < 4.78 is 27.0. The summed E-state index contributed by atoms with van der Waals surface area (Å²) in [6, 6.07) is 9.01. The van der Waals surface area contributed by atoms with Crippen molar-refractivity contribution < 1.29 is 13.2 Å². The van der Waals surface area contributed by atoms with Crippen LogP contribution in [0.2, 0.25) is 0 Å². The standard InChI is InChI=1S/C15H15N5O3S.2ClH/c1-10-9-11(2)18-15(17-10)20-24(22,23)13-5-3-12(4-6-13)19-14(21)7-8-16;;/h3-6,9H,7H2,1-2H3,(H,19,21)(H,17,18,20);2*1H. The van der Waals surface area contributed by atoms with Crippen molar-refractivity contribution in [3.05, 3.63) is 41.7 Å². The third kappa shape index (κ3) is 6.48. The zero-order chi connectivity index (χ0) is 17.7. The average Bonchev–Trinajstić information content (AvgIpc) is 2.46. The number of benzene rings is 1. The van der Waals surface area contributed by atoms with E-state index < -0.39 is 15.9 Å². The van der Waals surface area contributed by atoms with Crippen LogP contribution >= 0.6 is 24.8 Å². The number of aromatic nitrogens is 2. The van der Waals surface area contributed by atoms with Gasteiger partial charge in [0.2, 0.25) is 11.9 Å².